The first-order valence-corrected chi connectivity index (χ1v) is 5.74. The molecular weight excluding hydrogens is 216 g/mol. The first kappa shape index (κ1) is 11.5. The first-order valence-electron chi connectivity index (χ1n) is 5.74. The number of nitrogens with zero attached hydrogens (tertiary/aromatic N) is 1. The number of nitrogens with one attached hydrogen (secondary N) is 1. The highest BCUT2D eigenvalue weighted by Crippen LogP contribution is 2.21. The summed E-state index contributed by atoms with van der Waals surface area (Å²) < 4.78 is 10.8. The van der Waals surface area contributed by atoms with Crippen LogP contribution < -0.4 is 10.1 Å². The molecule has 0 radical (unpaired) electrons. The molecule has 0 unspecified atom stereocenters. The molecule has 2 rings (SSSR count). The Balaban J connectivity index is 1.99. The van der Waals surface area contributed by atoms with Gasteiger partial charge in [-0.1, -0.05) is 6.92 Å². The normalized spacial score (nSPS) is 10.2. The number of furan rings is 1. The van der Waals surface area contributed by atoms with Gasteiger partial charge in [-0.3, -0.25) is 0 Å². The molecule has 0 aliphatic heterocycles. The Morgan fingerprint density at radius 2 is 2.29 bits per heavy atom. The van der Waals surface area contributed by atoms with E-state index in [1.54, 1.807) is 12.5 Å². The quantitative estimate of drug-likeness (QED) is 0.831. The predicted molar refractivity (Wildman–Crippen MR) is 66.1 cm³/mol. The third-order valence-corrected chi connectivity index (χ3v) is 2.24. The molecule has 0 spiro atoms. The van der Waals surface area contributed by atoms with Crippen molar-refractivity contribution in [2.45, 2.75) is 19.9 Å². The van der Waals surface area contributed by atoms with Gasteiger partial charge in [-0.25, -0.2) is 4.98 Å². The lowest BCUT2D eigenvalue weighted by atomic mass is 10.4. The third kappa shape index (κ3) is 3.24. The molecule has 0 atom stereocenters. The summed E-state index contributed by atoms with van der Waals surface area (Å²) in [6.07, 6.45) is 4.37. The van der Waals surface area contributed by atoms with Crippen LogP contribution >= 0.6 is 0 Å². The standard InChI is InChI=1S/C13H16N2O2/c1-2-8-17-12-6-3-7-14-13(12)15-10-11-5-4-9-16-11/h3-7,9H,2,8,10H2,1H3,(H,14,15). The molecule has 0 bridgehead atoms. The van der Waals surface area contributed by atoms with Crippen molar-refractivity contribution >= 4 is 5.82 Å². The van der Waals surface area contributed by atoms with Crippen LogP contribution in [0.15, 0.2) is 41.1 Å². The molecule has 0 aliphatic carbocycles. The Hall–Kier alpha value is -1.97. The number of ether oxygens (including phenoxy) is 1. The number of aromatic nitrogens is 1. The second-order valence-corrected chi connectivity index (χ2v) is 3.63. The minimum absolute atomic E-state index is 0.604. The van der Waals surface area contributed by atoms with Gasteiger partial charge in [0.05, 0.1) is 19.4 Å². The van der Waals surface area contributed by atoms with Crippen molar-refractivity contribution in [1.82, 2.24) is 4.98 Å². The van der Waals surface area contributed by atoms with Crippen LogP contribution in [0.4, 0.5) is 5.82 Å². The molecule has 0 aliphatic rings. The molecule has 2 aromatic heterocycles. The Morgan fingerprint density at radius 1 is 1.35 bits per heavy atom. The first-order chi connectivity index (χ1) is 8.40. The van der Waals surface area contributed by atoms with Crippen LogP contribution in [0.3, 0.4) is 0 Å². The van der Waals surface area contributed by atoms with Crippen molar-refractivity contribution < 1.29 is 9.15 Å². The van der Waals surface area contributed by atoms with E-state index in [0.29, 0.717) is 13.2 Å². The molecule has 2 aromatic rings. The highest BCUT2D eigenvalue weighted by molar-refractivity contribution is 5.49. The van der Waals surface area contributed by atoms with Crippen molar-refractivity contribution in [3.8, 4) is 5.75 Å². The summed E-state index contributed by atoms with van der Waals surface area (Å²) in [5.74, 6) is 2.40. The molecule has 0 fully saturated rings. The van der Waals surface area contributed by atoms with Crippen LogP contribution in [0.5, 0.6) is 5.75 Å². The highest BCUT2D eigenvalue weighted by atomic mass is 16.5. The summed E-state index contributed by atoms with van der Waals surface area (Å²) in [6.45, 7) is 3.37. The zero-order valence-electron chi connectivity index (χ0n) is 9.85. The van der Waals surface area contributed by atoms with E-state index in [4.69, 9.17) is 9.15 Å². The molecule has 90 valence electrons. The van der Waals surface area contributed by atoms with Gasteiger partial charge >= 0.3 is 0 Å². The predicted octanol–water partition coefficient (Wildman–Crippen LogP) is 3.08. The second kappa shape index (κ2) is 5.94. The minimum atomic E-state index is 0.604. The van der Waals surface area contributed by atoms with Crippen LogP contribution in [0.25, 0.3) is 0 Å². The third-order valence-electron chi connectivity index (χ3n) is 2.24. The van der Waals surface area contributed by atoms with E-state index in [2.05, 4.69) is 17.2 Å². The summed E-state index contributed by atoms with van der Waals surface area (Å²) in [5, 5.41) is 3.19. The van der Waals surface area contributed by atoms with Crippen molar-refractivity contribution in [3.05, 3.63) is 42.5 Å². The van der Waals surface area contributed by atoms with E-state index in [0.717, 1.165) is 23.7 Å². The maximum absolute atomic E-state index is 5.60. The lowest BCUT2D eigenvalue weighted by Crippen LogP contribution is -2.04. The maximum Gasteiger partial charge on any atom is 0.169 e. The lowest BCUT2D eigenvalue weighted by molar-refractivity contribution is 0.317. The number of pyridine rings is 1. The summed E-state index contributed by atoms with van der Waals surface area (Å²) in [5.41, 5.74) is 0. The SMILES string of the molecule is CCCOc1cccnc1NCc1ccco1. The van der Waals surface area contributed by atoms with Crippen LogP contribution in [-0.2, 0) is 6.54 Å². The van der Waals surface area contributed by atoms with Crippen molar-refractivity contribution in [1.29, 1.82) is 0 Å². The van der Waals surface area contributed by atoms with Crippen molar-refractivity contribution in [3.63, 3.8) is 0 Å². The van der Waals surface area contributed by atoms with Crippen LogP contribution in [-0.4, -0.2) is 11.6 Å². The van der Waals surface area contributed by atoms with Crippen LogP contribution in [0.2, 0.25) is 0 Å². The number of anilines is 1. The Morgan fingerprint density at radius 3 is 3.06 bits per heavy atom. The molecule has 2 heterocycles. The van der Waals surface area contributed by atoms with Gasteiger partial charge in [0.1, 0.15) is 5.76 Å². The summed E-state index contributed by atoms with van der Waals surface area (Å²) in [7, 11) is 0. The highest BCUT2D eigenvalue weighted by Gasteiger charge is 2.04. The van der Waals surface area contributed by atoms with E-state index in [9.17, 15) is 0 Å². The number of rotatable bonds is 6. The molecule has 1 N–H and O–H groups in total. The zero-order valence-corrected chi connectivity index (χ0v) is 9.85. The average molecular weight is 232 g/mol. The van der Waals surface area contributed by atoms with E-state index in [1.807, 2.05) is 24.3 Å². The summed E-state index contributed by atoms with van der Waals surface area (Å²) >= 11 is 0. The number of hydrogen-bond donors (Lipinski definition) is 1. The Labute approximate surface area is 101 Å². The molecule has 0 aromatic carbocycles. The fourth-order valence-corrected chi connectivity index (χ4v) is 1.44. The average Bonchev–Trinajstić information content (AvgIpc) is 2.88. The molecular formula is C13H16N2O2. The molecule has 0 saturated carbocycles. The zero-order chi connectivity index (χ0) is 11.9. The van der Waals surface area contributed by atoms with Gasteiger partial charge in [-0.2, -0.15) is 0 Å². The summed E-state index contributed by atoms with van der Waals surface area (Å²) in [4.78, 5) is 4.25. The largest absolute Gasteiger partial charge is 0.490 e. The van der Waals surface area contributed by atoms with Crippen LogP contribution in [0, 0.1) is 0 Å². The maximum atomic E-state index is 5.60. The monoisotopic (exact) mass is 232 g/mol. The van der Waals surface area contributed by atoms with E-state index in [-0.39, 0.29) is 0 Å². The number of hydrogen-bond acceptors (Lipinski definition) is 4. The molecule has 4 nitrogen and oxygen atoms in total. The van der Waals surface area contributed by atoms with Gasteiger partial charge in [-0.15, -0.1) is 0 Å². The van der Waals surface area contributed by atoms with Crippen LogP contribution in [0.1, 0.15) is 19.1 Å². The summed E-state index contributed by atoms with van der Waals surface area (Å²) in [6, 6.07) is 7.56. The topological polar surface area (TPSA) is 47.3 Å². The van der Waals surface area contributed by atoms with Gasteiger partial charge in [0.25, 0.3) is 0 Å². The van der Waals surface area contributed by atoms with Gasteiger partial charge in [0, 0.05) is 6.20 Å². The lowest BCUT2D eigenvalue weighted by Gasteiger charge is -2.10. The molecule has 0 saturated heterocycles. The Kier molecular flexibility index (Phi) is 4.02. The Bertz CT molecular complexity index is 440. The minimum Gasteiger partial charge on any atom is -0.490 e. The molecule has 4 heteroatoms. The smallest absolute Gasteiger partial charge is 0.169 e. The van der Waals surface area contributed by atoms with E-state index in [1.165, 1.54) is 0 Å². The molecule has 17 heavy (non-hydrogen) atoms. The molecule has 0 amide bonds. The van der Waals surface area contributed by atoms with Gasteiger partial charge < -0.3 is 14.5 Å². The van der Waals surface area contributed by atoms with E-state index < -0.39 is 0 Å². The van der Waals surface area contributed by atoms with Crippen molar-refractivity contribution in [2.75, 3.05) is 11.9 Å². The van der Waals surface area contributed by atoms with Gasteiger partial charge in [0.15, 0.2) is 11.6 Å². The fourth-order valence-electron chi connectivity index (χ4n) is 1.44. The van der Waals surface area contributed by atoms with Crippen molar-refractivity contribution in [2.24, 2.45) is 0 Å². The second-order valence-electron chi connectivity index (χ2n) is 3.63. The van der Waals surface area contributed by atoms with E-state index >= 15 is 0 Å². The fraction of sp³-hybridized carbons (Fsp3) is 0.308. The van der Waals surface area contributed by atoms with Gasteiger partial charge in [-0.05, 0) is 30.7 Å². The van der Waals surface area contributed by atoms with Gasteiger partial charge in [0.2, 0.25) is 0 Å².